The molecule has 27 heavy (non-hydrogen) atoms. The molecule has 144 valence electrons. The number of benzene rings is 2. The van der Waals surface area contributed by atoms with Crippen LogP contribution in [0.2, 0.25) is 0 Å². The third kappa shape index (κ3) is 6.10. The average molecular weight is 433 g/mol. The minimum atomic E-state index is -0.226. The molecule has 0 bridgehead atoms. The van der Waals surface area contributed by atoms with Crippen molar-refractivity contribution < 1.29 is 14.3 Å². The number of carbonyl (C=O) groups is 2. The number of rotatable bonds is 7. The standard InChI is InChI=1S/C21H25BrN2O3/c1-14(2)11-12-27-19-10-7-16(13-18(19)22)20(25)23-17-8-5-15(6-9-17)21(26)24(3)4/h5-10,13-14H,11-12H2,1-4H3,(H,23,25). The predicted octanol–water partition coefficient (Wildman–Crippen LogP) is 4.83. The fourth-order valence-corrected chi connectivity index (χ4v) is 2.81. The molecule has 0 unspecified atom stereocenters. The van der Waals surface area contributed by atoms with Crippen LogP contribution in [0.5, 0.6) is 5.75 Å². The zero-order valence-electron chi connectivity index (χ0n) is 16.1. The summed E-state index contributed by atoms with van der Waals surface area (Å²) < 4.78 is 6.48. The number of amides is 2. The van der Waals surface area contributed by atoms with Crippen molar-refractivity contribution in [3.63, 3.8) is 0 Å². The largest absolute Gasteiger partial charge is 0.492 e. The van der Waals surface area contributed by atoms with Crippen LogP contribution < -0.4 is 10.1 Å². The van der Waals surface area contributed by atoms with Gasteiger partial charge in [0.2, 0.25) is 0 Å². The molecule has 0 aliphatic heterocycles. The molecule has 0 saturated heterocycles. The summed E-state index contributed by atoms with van der Waals surface area (Å²) in [4.78, 5) is 25.9. The van der Waals surface area contributed by atoms with Crippen molar-refractivity contribution in [1.29, 1.82) is 0 Å². The van der Waals surface area contributed by atoms with E-state index >= 15 is 0 Å². The fourth-order valence-electron chi connectivity index (χ4n) is 2.32. The van der Waals surface area contributed by atoms with E-state index in [9.17, 15) is 9.59 Å². The van der Waals surface area contributed by atoms with Gasteiger partial charge in [-0.25, -0.2) is 0 Å². The molecule has 0 aromatic heterocycles. The molecule has 1 N–H and O–H groups in total. The highest BCUT2D eigenvalue weighted by atomic mass is 79.9. The number of anilines is 1. The third-order valence-electron chi connectivity index (χ3n) is 3.94. The molecule has 0 aliphatic rings. The lowest BCUT2D eigenvalue weighted by molar-refractivity contribution is 0.0827. The van der Waals surface area contributed by atoms with E-state index in [-0.39, 0.29) is 11.8 Å². The summed E-state index contributed by atoms with van der Waals surface area (Å²) in [6, 6.07) is 12.1. The molecule has 2 aromatic rings. The Hall–Kier alpha value is -2.34. The van der Waals surface area contributed by atoms with Crippen molar-refractivity contribution in [2.75, 3.05) is 26.0 Å². The number of hydrogen-bond donors (Lipinski definition) is 1. The van der Waals surface area contributed by atoms with E-state index in [0.717, 1.165) is 16.6 Å². The lowest BCUT2D eigenvalue weighted by Gasteiger charge is -2.12. The summed E-state index contributed by atoms with van der Waals surface area (Å²) in [6.45, 7) is 4.93. The first-order chi connectivity index (χ1) is 12.8. The lowest BCUT2D eigenvalue weighted by Crippen LogP contribution is -2.21. The van der Waals surface area contributed by atoms with Crippen molar-refractivity contribution in [2.45, 2.75) is 20.3 Å². The van der Waals surface area contributed by atoms with Gasteiger partial charge in [-0.3, -0.25) is 9.59 Å². The molecule has 2 aromatic carbocycles. The van der Waals surface area contributed by atoms with E-state index in [0.29, 0.717) is 29.3 Å². The summed E-state index contributed by atoms with van der Waals surface area (Å²) in [5.41, 5.74) is 1.72. The van der Waals surface area contributed by atoms with Crippen LogP contribution in [0.3, 0.4) is 0 Å². The highest BCUT2D eigenvalue weighted by Crippen LogP contribution is 2.27. The zero-order chi connectivity index (χ0) is 20.0. The summed E-state index contributed by atoms with van der Waals surface area (Å²) in [5.74, 6) is 0.993. The van der Waals surface area contributed by atoms with Crippen LogP contribution in [0, 0.1) is 5.92 Å². The van der Waals surface area contributed by atoms with Crippen LogP contribution >= 0.6 is 15.9 Å². The van der Waals surface area contributed by atoms with E-state index in [2.05, 4.69) is 35.1 Å². The number of halogens is 1. The maximum absolute atomic E-state index is 12.5. The van der Waals surface area contributed by atoms with Gasteiger partial charge in [-0.05, 0) is 70.7 Å². The Bertz CT molecular complexity index is 802. The first kappa shape index (κ1) is 21.0. The summed E-state index contributed by atoms with van der Waals surface area (Å²) >= 11 is 3.46. The van der Waals surface area contributed by atoms with Gasteiger partial charge in [0.1, 0.15) is 5.75 Å². The van der Waals surface area contributed by atoms with Crippen molar-refractivity contribution in [3.8, 4) is 5.75 Å². The second-order valence-corrected chi connectivity index (χ2v) is 7.76. The highest BCUT2D eigenvalue weighted by molar-refractivity contribution is 9.10. The Balaban J connectivity index is 2.01. The second-order valence-electron chi connectivity index (χ2n) is 6.91. The molecule has 2 amide bonds. The molecule has 0 aliphatic carbocycles. The first-order valence-corrected chi connectivity index (χ1v) is 9.62. The van der Waals surface area contributed by atoms with E-state index < -0.39 is 0 Å². The van der Waals surface area contributed by atoms with Gasteiger partial charge in [0, 0.05) is 30.9 Å². The van der Waals surface area contributed by atoms with Gasteiger partial charge in [-0.2, -0.15) is 0 Å². The highest BCUT2D eigenvalue weighted by Gasteiger charge is 2.11. The minimum Gasteiger partial charge on any atom is -0.492 e. The monoisotopic (exact) mass is 432 g/mol. The smallest absolute Gasteiger partial charge is 0.255 e. The first-order valence-electron chi connectivity index (χ1n) is 8.83. The Morgan fingerprint density at radius 1 is 1.07 bits per heavy atom. The molecule has 6 heteroatoms. The predicted molar refractivity (Wildman–Crippen MR) is 112 cm³/mol. The van der Waals surface area contributed by atoms with Crippen LogP contribution in [0.25, 0.3) is 0 Å². The molecule has 0 fully saturated rings. The molecule has 0 heterocycles. The minimum absolute atomic E-state index is 0.0788. The van der Waals surface area contributed by atoms with Crippen LogP contribution in [0.1, 0.15) is 41.0 Å². The molecule has 5 nitrogen and oxygen atoms in total. The Labute approximate surface area is 168 Å². The third-order valence-corrected chi connectivity index (χ3v) is 4.56. The zero-order valence-corrected chi connectivity index (χ0v) is 17.7. The fraction of sp³-hybridized carbons (Fsp3) is 0.333. The number of ether oxygens (including phenoxy) is 1. The van der Waals surface area contributed by atoms with Gasteiger partial charge in [0.05, 0.1) is 11.1 Å². The SMILES string of the molecule is CC(C)CCOc1ccc(C(=O)Nc2ccc(C(=O)N(C)C)cc2)cc1Br. The maximum atomic E-state index is 12.5. The molecule has 2 rings (SSSR count). The van der Waals surface area contributed by atoms with Crippen molar-refractivity contribution in [3.05, 3.63) is 58.1 Å². The summed E-state index contributed by atoms with van der Waals surface area (Å²) in [5, 5.41) is 2.83. The van der Waals surface area contributed by atoms with Crippen LogP contribution in [0.4, 0.5) is 5.69 Å². The van der Waals surface area contributed by atoms with Gasteiger partial charge < -0.3 is 15.0 Å². The number of nitrogens with one attached hydrogen (secondary N) is 1. The summed E-state index contributed by atoms with van der Waals surface area (Å²) in [6.07, 6.45) is 0.973. The van der Waals surface area contributed by atoms with Crippen molar-refractivity contribution in [1.82, 2.24) is 4.90 Å². The van der Waals surface area contributed by atoms with E-state index in [1.54, 1.807) is 56.6 Å². The van der Waals surface area contributed by atoms with Gasteiger partial charge in [0.25, 0.3) is 11.8 Å². The summed E-state index contributed by atoms with van der Waals surface area (Å²) in [7, 11) is 3.40. The van der Waals surface area contributed by atoms with Gasteiger partial charge in [-0.1, -0.05) is 13.8 Å². The van der Waals surface area contributed by atoms with Gasteiger partial charge >= 0.3 is 0 Å². The topological polar surface area (TPSA) is 58.6 Å². The molecule has 0 saturated carbocycles. The van der Waals surface area contributed by atoms with Crippen molar-refractivity contribution in [2.24, 2.45) is 5.92 Å². The molecule has 0 radical (unpaired) electrons. The van der Waals surface area contributed by atoms with Crippen LogP contribution in [-0.4, -0.2) is 37.4 Å². The Kier molecular flexibility index (Phi) is 7.42. The maximum Gasteiger partial charge on any atom is 0.255 e. The van der Waals surface area contributed by atoms with Gasteiger partial charge in [0.15, 0.2) is 0 Å². The number of nitrogens with zero attached hydrogens (tertiary/aromatic N) is 1. The number of carbonyl (C=O) groups excluding carboxylic acids is 2. The van der Waals surface area contributed by atoms with Gasteiger partial charge in [-0.15, -0.1) is 0 Å². The molecular weight excluding hydrogens is 408 g/mol. The molecule has 0 spiro atoms. The Morgan fingerprint density at radius 3 is 2.26 bits per heavy atom. The average Bonchev–Trinajstić information content (AvgIpc) is 2.62. The normalized spacial score (nSPS) is 10.6. The van der Waals surface area contributed by atoms with E-state index in [1.807, 2.05) is 0 Å². The lowest BCUT2D eigenvalue weighted by atomic mass is 10.1. The number of hydrogen-bond acceptors (Lipinski definition) is 3. The van der Waals surface area contributed by atoms with E-state index in [1.165, 1.54) is 4.90 Å². The second kappa shape index (κ2) is 9.55. The van der Waals surface area contributed by atoms with Crippen LogP contribution in [-0.2, 0) is 0 Å². The Morgan fingerprint density at radius 2 is 1.70 bits per heavy atom. The molecule has 0 atom stereocenters. The van der Waals surface area contributed by atoms with E-state index in [4.69, 9.17) is 4.74 Å². The molecular formula is C21H25BrN2O3. The van der Waals surface area contributed by atoms with Crippen LogP contribution in [0.15, 0.2) is 46.9 Å². The van der Waals surface area contributed by atoms with Crippen molar-refractivity contribution >= 4 is 33.4 Å². The quantitative estimate of drug-likeness (QED) is 0.681.